The standard InChI is InChI=1S/C12H15N3O6/c1-2-3-8(6-12(16)17)13-10-5-4-9(14(18)19)7-11(10)15(20)21/h4-5,7-8,13H,2-3,6H2,1H3,(H,16,17). The second-order valence-electron chi connectivity index (χ2n) is 4.44. The number of nitrogens with zero attached hydrogens (tertiary/aromatic N) is 2. The Hall–Kier alpha value is -2.71. The second-order valence-corrected chi connectivity index (χ2v) is 4.44. The van der Waals surface area contributed by atoms with Crippen LogP contribution in [0.4, 0.5) is 17.1 Å². The van der Waals surface area contributed by atoms with Crippen LogP contribution in [-0.4, -0.2) is 27.0 Å². The summed E-state index contributed by atoms with van der Waals surface area (Å²) in [6.07, 6.45) is 1.02. The van der Waals surface area contributed by atoms with Gasteiger partial charge >= 0.3 is 5.97 Å². The van der Waals surface area contributed by atoms with Crippen LogP contribution in [0.25, 0.3) is 0 Å². The maximum atomic E-state index is 11.0. The highest BCUT2D eigenvalue weighted by molar-refractivity contribution is 5.70. The Morgan fingerprint density at radius 2 is 2.00 bits per heavy atom. The molecule has 1 aromatic rings. The van der Waals surface area contributed by atoms with Gasteiger partial charge in [-0.1, -0.05) is 13.3 Å². The van der Waals surface area contributed by atoms with E-state index in [0.717, 1.165) is 12.1 Å². The van der Waals surface area contributed by atoms with Crippen molar-refractivity contribution >= 4 is 23.0 Å². The summed E-state index contributed by atoms with van der Waals surface area (Å²) >= 11 is 0. The number of aliphatic carboxylic acids is 1. The van der Waals surface area contributed by atoms with Gasteiger partial charge in [0, 0.05) is 12.1 Å². The minimum Gasteiger partial charge on any atom is -0.481 e. The van der Waals surface area contributed by atoms with Crippen molar-refractivity contribution in [3.8, 4) is 0 Å². The summed E-state index contributed by atoms with van der Waals surface area (Å²) in [5.74, 6) is -1.02. The lowest BCUT2D eigenvalue weighted by molar-refractivity contribution is -0.393. The average molecular weight is 297 g/mol. The van der Waals surface area contributed by atoms with E-state index in [-0.39, 0.29) is 12.1 Å². The fraction of sp³-hybridized carbons (Fsp3) is 0.417. The third-order valence-corrected chi connectivity index (χ3v) is 2.81. The van der Waals surface area contributed by atoms with Crippen LogP contribution in [-0.2, 0) is 4.79 Å². The van der Waals surface area contributed by atoms with Crippen LogP contribution in [0.15, 0.2) is 18.2 Å². The van der Waals surface area contributed by atoms with Crippen LogP contribution >= 0.6 is 0 Å². The Morgan fingerprint density at radius 1 is 1.33 bits per heavy atom. The van der Waals surface area contributed by atoms with Gasteiger partial charge in [0.25, 0.3) is 11.4 Å². The molecule has 0 saturated carbocycles. The predicted molar refractivity (Wildman–Crippen MR) is 74.3 cm³/mol. The van der Waals surface area contributed by atoms with Crippen molar-refractivity contribution in [2.75, 3.05) is 5.32 Å². The number of rotatable bonds is 8. The maximum absolute atomic E-state index is 11.0. The van der Waals surface area contributed by atoms with Gasteiger partial charge in [0.1, 0.15) is 5.69 Å². The van der Waals surface area contributed by atoms with E-state index >= 15 is 0 Å². The number of anilines is 1. The van der Waals surface area contributed by atoms with Gasteiger partial charge in [-0.3, -0.25) is 25.0 Å². The summed E-state index contributed by atoms with van der Waals surface area (Å²) in [6, 6.07) is 2.74. The van der Waals surface area contributed by atoms with Gasteiger partial charge in [-0.2, -0.15) is 0 Å². The van der Waals surface area contributed by atoms with Gasteiger partial charge in [0.15, 0.2) is 0 Å². The van der Waals surface area contributed by atoms with Crippen LogP contribution in [0.2, 0.25) is 0 Å². The third kappa shape index (κ3) is 4.71. The molecule has 1 rings (SSSR count). The molecule has 0 fully saturated rings. The molecule has 9 nitrogen and oxygen atoms in total. The van der Waals surface area contributed by atoms with Gasteiger partial charge in [0.2, 0.25) is 0 Å². The molecule has 1 aromatic carbocycles. The van der Waals surface area contributed by atoms with Crippen molar-refractivity contribution in [1.82, 2.24) is 0 Å². The van der Waals surface area contributed by atoms with E-state index in [1.807, 2.05) is 6.92 Å². The number of non-ortho nitro benzene ring substituents is 1. The quantitative estimate of drug-likeness (QED) is 0.555. The first-order valence-corrected chi connectivity index (χ1v) is 6.26. The molecule has 21 heavy (non-hydrogen) atoms. The molecule has 0 saturated heterocycles. The van der Waals surface area contributed by atoms with E-state index in [1.165, 1.54) is 6.07 Å². The summed E-state index contributed by atoms with van der Waals surface area (Å²) in [4.78, 5) is 30.9. The SMILES string of the molecule is CCCC(CC(=O)O)Nc1ccc([N+](=O)[O-])cc1[N+](=O)[O-]. The fourth-order valence-corrected chi connectivity index (χ4v) is 1.91. The smallest absolute Gasteiger partial charge is 0.305 e. The summed E-state index contributed by atoms with van der Waals surface area (Å²) in [5, 5.41) is 33.2. The largest absolute Gasteiger partial charge is 0.481 e. The number of benzene rings is 1. The van der Waals surface area contributed by atoms with Crippen LogP contribution in [0, 0.1) is 20.2 Å². The van der Waals surface area contributed by atoms with Crippen molar-refractivity contribution in [3.05, 3.63) is 38.4 Å². The Morgan fingerprint density at radius 3 is 2.48 bits per heavy atom. The lowest BCUT2D eigenvalue weighted by atomic mass is 10.1. The molecule has 0 amide bonds. The van der Waals surface area contributed by atoms with Crippen molar-refractivity contribution in [2.24, 2.45) is 0 Å². The molecular formula is C12H15N3O6. The lowest BCUT2D eigenvalue weighted by Crippen LogP contribution is -2.23. The van der Waals surface area contributed by atoms with E-state index in [4.69, 9.17) is 5.11 Å². The maximum Gasteiger partial charge on any atom is 0.305 e. The fourth-order valence-electron chi connectivity index (χ4n) is 1.91. The molecular weight excluding hydrogens is 282 g/mol. The van der Waals surface area contributed by atoms with Gasteiger partial charge in [-0.05, 0) is 12.5 Å². The molecule has 0 spiro atoms. The number of hydrogen-bond acceptors (Lipinski definition) is 6. The highest BCUT2D eigenvalue weighted by Crippen LogP contribution is 2.30. The topological polar surface area (TPSA) is 136 Å². The number of nitro benzene ring substituents is 2. The van der Waals surface area contributed by atoms with Gasteiger partial charge < -0.3 is 10.4 Å². The third-order valence-electron chi connectivity index (χ3n) is 2.81. The molecule has 114 valence electrons. The first-order valence-electron chi connectivity index (χ1n) is 6.26. The number of nitro groups is 2. The van der Waals surface area contributed by atoms with Crippen molar-refractivity contribution < 1.29 is 19.7 Å². The Balaban J connectivity index is 3.07. The van der Waals surface area contributed by atoms with Crippen molar-refractivity contribution in [1.29, 1.82) is 0 Å². The van der Waals surface area contributed by atoms with E-state index in [1.54, 1.807) is 0 Å². The zero-order chi connectivity index (χ0) is 16.0. The van der Waals surface area contributed by atoms with Gasteiger partial charge in [0.05, 0.1) is 22.3 Å². The first-order chi connectivity index (χ1) is 9.85. The first kappa shape index (κ1) is 16.3. The predicted octanol–water partition coefficient (Wildman–Crippen LogP) is 2.56. The minimum atomic E-state index is -1.02. The van der Waals surface area contributed by atoms with Crippen LogP contribution in [0.5, 0.6) is 0 Å². The van der Waals surface area contributed by atoms with E-state index in [9.17, 15) is 25.0 Å². The van der Waals surface area contributed by atoms with E-state index < -0.39 is 33.2 Å². The number of carbonyl (C=O) groups is 1. The Bertz CT molecular complexity index is 560. The summed E-state index contributed by atoms with van der Waals surface area (Å²) < 4.78 is 0. The lowest BCUT2D eigenvalue weighted by Gasteiger charge is -2.17. The highest BCUT2D eigenvalue weighted by Gasteiger charge is 2.22. The summed E-state index contributed by atoms with van der Waals surface area (Å²) in [5.41, 5.74) is -0.765. The minimum absolute atomic E-state index is 0.0744. The van der Waals surface area contributed by atoms with Crippen LogP contribution in [0.1, 0.15) is 26.2 Å². The molecule has 9 heteroatoms. The molecule has 0 aliphatic carbocycles. The number of nitrogens with one attached hydrogen (secondary N) is 1. The Kier molecular flexibility index (Phi) is 5.58. The van der Waals surface area contributed by atoms with E-state index in [0.29, 0.717) is 12.8 Å². The molecule has 0 aromatic heterocycles. The van der Waals surface area contributed by atoms with Crippen molar-refractivity contribution in [2.45, 2.75) is 32.2 Å². The van der Waals surface area contributed by atoms with Crippen LogP contribution in [0.3, 0.4) is 0 Å². The zero-order valence-corrected chi connectivity index (χ0v) is 11.3. The zero-order valence-electron chi connectivity index (χ0n) is 11.3. The molecule has 0 heterocycles. The summed E-state index contributed by atoms with van der Waals surface area (Å²) in [7, 11) is 0. The number of hydrogen-bond donors (Lipinski definition) is 2. The highest BCUT2D eigenvalue weighted by atomic mass is 16.6. The normalized spacial score (nSPS) is 11.7. The van der Waals surface area contributed by atoms with Crippen LogP contribution < -0.4 is 5.32 Å². The molecule has 2 N–H and O–H groups in total. The number of carboxylic acids is 1. The van der Waals surface area contributed by atoms with Gasteiger partial charge in [-0.15, -0.1) is 0 Å². The second kappa shape index (κ2) is 7.17. The molecule has 1 unspecified atom stereocenters. The molecule has 0 radical (unpaired) electrons. The van der Waals surface area contributed by atoms with Crippen molar-refractivity contribution in [3.63, 3.8) is 0 Å². The monoisotopic (exact) mass is 297 g/mol. The summed E-state index contributed by atoms with van der Waals surface area (Å²) in [6.45, 7) is 1.86. The molecule has 0 aliphatic heterocycles. The molecule has 0 bridgehead atoms. The van der Waals surface area contributed by atoms with E-state index in [2.05, 4.69) is 5.32 Å². The van der Waals surface area contributed by atoms with Gasteiger partial charge in [-0.25, -0.2) is 0 Å². The molecule has 0 aliphatic rings. The number of carboxylic acid groups (broad SMARTS) is 1. The Labute approximate surface area is 119 Å². The molecule has 1 atom stereocenters. The average Bonchev–Trinajstić information content (AvgIpc) is 2.38.